The maximum absolute atomic E-state index is 11.7. The Bertz CT molecular complexity index is 273. The van der Waals surface area contributed by atoms with Crippen LogP contribution in [0.5, 0.6) is 0 Å². The van der Waals surface area contributed by atoms with E-state index in [1.807, 2.05) is 0 Å². The minimum Gasteiger partial charge on any atom is -0.332 e. The average molecular weight is 199 g/mol. The first-order valence-electron chi connectivity index (χ1n) is 4.68. The van der Waals surface area contributed by atoms with Crippen molar-refractivity contribution in [2.24, 2.45) is 5.73 Å². The van der Waals surface area contributed by atoms with Crippen LogP contribution in [0.3, 0.4) is 0 Å². The Morgan fingerprint density at radius 1 is 1.64 bits per heavy atom. The lowest BCUT2D eigenvalue weighted by Gasteiger charge is -2.33. The minimum atomic E-state index is -0.638. The Morgan fingerprint density at radius 2 is 2.14 bits per heavy atom. The number of nitrogens with two attached hydrogens (primary N) is 1. The fraction of sp³-hybridized carbons (Fsp3) is 0.778. The molecule has 1 heterocycles. The van der Waals surface area contributed by atoms with Crippen molar-refractivity contribution in [3.63, 3.8) is 0 Å². The summed E-state index contributed by atoms with van der Waals surface area (Å²) in [5.74, 6) is -0.343. The molecule has 0 radical (unpaired) electrons. The van der Waals surface area contributed by atoms with E-state index < -0.39 is 17.7 Å². The molecule has 3 N–H and O–H groups in total. The molecule has 0 aromatic rings. The van der Waals surface area contributed by atoms with E-state index in [1.165, 1.54) is 4.90 Å². The smallest absolute Gasteiger partial charge is 0.244 e. The molecule has 2 unspecified atom stereocenters. The van der Waals surface area contributed by atoms with Crippen LogP contribution in [-0.2, 0) is 9.59 Å². The van der Waals surface area contributed by atoms with Gasteiger partial charge in [-0.25, -0.2) is 0 Å². The Labute approximate surface area is 83.6 Å². The maximum atomic E-state index is 11.7. The lowest BCUT2D eigenvalue weighted by Crippen LogP contribution is -2.54. The summed E-state index contributed by atoms with van der Waals surface area (Å²) in [5.41, 5.74) is 4.88. The molecule has 5 heteroatoms. The molecule has 0 aromatic heterocycles. The molecule has 2 atom stereocenters. The van der Waals surface area contributed by atoms with Gasteiger partial charge in [-0.2, -0.15) is 0 Å². The molecule has 1 aliphatic rings. The van der Waals surface area contributed by atoms with Crippen molar-refractivity contribution in [1.29, 1.82) is 0 Å². The standard InChI is InChI=1S/C9H17N3O2/c1-5(10)8(14)12-6(2)7(13)11-9(12,3)4/h5-6H,10H2,1-4H3,(H,11,13). The van der Waals surface area contributed by atoms with Crippen LogP contribution in [0.15, 0.2) is 0 Å². The first-order valence-corrected chi connectivity index (χ1v) is 4.68. The van der Waals surface area contributed by atoms with Gasteiger partial charge >= 0.3 is 0 Å². The topological polar surface area (TPSA) is 75.4 Å². The van der Waals surface area contributed by atoms with Gasteiger partial charge in [0.1, 0.15) is 11.7 Å². The van der Waals surface area contributed by atoms with Gasteiger partial charge in [-0.1, -0.05) is 0 Å². The Balaban J connectivity index is 2.96. The molecule has 80 valence electrons. The van der Waals surface area contributed by atoms with Gasteiger partial charge in [-0.05, 0) is 27.7 Å². The summed E-state index contributed by atoms with van der Waals surface area (Å²) in [6.45, 7) is 6.89. The van der Waals surface area contributed by atoms with Gasteiger partial charge in [0.05, 0.1) is 6.04 Å². The maximum Gasteiger partial charge on any atom is 0.244 e. The highest BCUT2D eigenvalue weighted by molar-refractivity contribution is 5.93. The van der Waals surface area contributed by atoms with Crippen molar-refractivity contribution >= 4 is 11.8 Å². The summed E-state index contributed by atoms with van der Waals surface area (Å²) in [6.07, 6.45) is 0. The van der Waals surface area contributed by atoms with Crippen molar-refractivity contribution in [2.75, 3.05) is 0 Å². The monoisotopic (exact) mass is 199 g/mol. The predicted octanol–water partition coefficient (Wildman–Crippen LogP) is -0.583. The lowest BCUT2D eigenvalue weighted by molar-refractivity contribution is -0.139. The van der Waals surface area contributed by atoms with Crippen molar-refractivity contribution < 1.29 is 9.59 Å². The van der Waals surface area contributed by atoms with Crippen LogP contribution in [0.25, 0.3) is 0 Å². The summed E-state index contributed by atoms with van der Waals surface area (Å²) in [4.78, 5) is 24.6. The number of nitrogens with one attached hydrogen (secondary N) is 1. The zero-order valence-electron chi connectivity index (χ0n) is 9.00. The van der Waals surface area contributed by atoms with Crippen LogP contribution in [0.4, 0.5) is 0 Å². The summed E-state index contributed by atoms with van der Waals surface area (Å²) < 4.78 is 0. The highest BCUT2D eigenvalue weighted by Gasteiger charge is 2.45. The van der Waals surface area contributed by atoms with Crippen LogP contribution in [0.2, 0.25) is 0 Å². The van der Waals surface area contributed by atoms with Gasteiger partial charge in [0, 0.05) is 0 Å². The average Bonchev–Trinajstić information content (AvgIpc) is 2.20. The third-order valence-corrected chi connectivity index (χ3v) is 2.43. The SMILES string of the molecule is CC(N)C(=O)N1C(C)C(=O)NC1(C)C. The predicted molar refractivity (Wildman–Crippen MR) is 52.2 cm³/mol. The zero-order chi connectivity index (χ0) is 11.1. The summed E-state index contributed by atoms with van der Waals surface area (Å²) >= 11 is 0. The van der Waals surface area contributed by atoms with Gasteiger partial charge < -0.3 is 16.0 Å². The molecule has 0 aliphatic carbocycles. The molecule has 14 heavy (non-hydrogen) atoms. The molecule has 2 amide bonds. The molecule has 0 spiro atoms. The molecular weight excluding hydrogens is 182 g/mol. The number of amides is 2. The second-order valence-corrected chi connectivity index (χ2v) is 4.22. The van der Waals surface area contributed by atoms with Crippen molar-refractivity contribution in [2.45, 2.75) is 45.4 Å². The fourth-order valence-corrected chi connectivity index (χ4v) is 1.75. The summed E-state index contributed by atoms with van der Waals surface area (Å²) in [5, 5.41) is 2.74. The van der Waals surface area contributed by atoms with Gasteiger partial charge in [0.25, 0.3) is 0 Å². The molecule has 0 aromatic carbocycles. The van der Waals surface area contributed by atoms with E-state index in [2.05, 4.69) is 5.32 Å². The minimum absolute atomic E-state index is 0.135. The summed E-state index contributed by atoms with van der Waals surface area (Å²) in [6, 6.07) is -1.02. The molecule has 1 saturated heterocycles. The number of rotatable bonds is 1. The largest absolute Gasteiger partial charge is 0.332 e. The quantitative estimate of drug-likeness (QED) is 0.593. The van der Waals surface area contributed by atoms with Crippen LogP contribution < -0.4 is 11.1 Å². The first kappa shape index (κ1) is 11.0. The third-order valence-electron chi connectivity index (χ3n) is 2.43. The van der Waals surface area contributed by atoms with E-state index in [1.54, 1.807) is 27.7 Å². The second kappa shape index (κ2) is 3.24. The van der Waals surface area contributed by atoms with E-state index in [-0.39, 0.29) is 11.8 Å². The Hall–Kier alpha value is -1.10. The molecule has 5 nitrogen and oxygen atoms in total. The first-order chi connectivity index (χ1) is 6.27. The highest BCUT2D eigenvalue weighted by atomic mass is 16.2. The van der Waals surface area contributed by atoms with E-state index in [9.17, 15) is 9.59 Å². The lowest BCUT2D eigenvalue weighted by atomic mass is 10.1. The van der Waals surface area contributed by atoms with E-state index in [0.29, 0.717) is 0 Å². The Morgan fingerprint density at radius 3 is 2.43 bits per heavy atom. The molecule has 1 aliphatic heterocycles. The van der Waals surface area contributed by atoms with E-state index in [0.717, 1.165) is 0 Å². The van der Waals surface area contributed by atoms with Gasteiger partial charge in [0.2, 0.25) is 11.8 Å². The molecule has 0 saturated carbocycles. The van der Waals surface area contributed by atoms with Crippen molar-refractivity contribution in [3.8, 4) is 0 Å². The second-order valence-electron chi connectivity index (χ2n) is 4.22. The number of hydrogen-bond donors (Lipinski definition) is 2. The van der Waals surface area contributed by atoms with Gasteiger partial charge in [-0.15, -0.1) is 0 Å². The molecule has 0 bridgehead atoms. The number of hydrogen-bond acceptors (Lipinski definition) is 3. The highest BCUT2D eigenvalue weighted by Crippen LogP contribution is 2.22. The Kier molecular flexibility index (Phi) is 2.54. The number of nitrogens with zero attached hydrogens (tertiary/aromatic N) is 1. The van der Waals surface area contributed by atoms with Crippen LogP contribution in [0, 0.1) is 0 Å². The number of carbonyl (C=O) groups is 2. The third kappa shape index (κ3) is 1.59. The molecular formula is C9H17N3O2. The normalized spacial score (nSPS) is 27.4. The molecule has 1 rings (SSSR count). The van der Waals surface area contributed by atoms with Gasteiger partial charge in [0.15, 0.2) is 0 Å². The van der Waals surface area contributed by atoms with Gasteiger partial charge in [-0.3, -0.25) is 9.59 Å². The molecule has 1 fully saturated rings. The fourth-order valence-electron chi connectivity index (χ4n) is 1.75. The zero-order valence-corrected chi connectivity index (χ0v) is 9.00. The van der Waals surface area contributed by atoms with Crippen LogP contribution >= 0.6 is 0 Å². The van der Waals surface area contributed by atoms with Crippen LogP contribution in [0.1, 0.15) is 27.7 Å². The summed E-state index contributed by atoms with van der Waals surface area (Å²) in [7, 11) is 0. The van der Waals surface area contributed by atoms with Crippen molar-refractivity contribution in [3.05, 3.63) is 0 Å². The van der Waals surface area contributed by atoms with Crippen LogP contribution in [-0.4, -0.2) is 34.5 Å². The number of carbonyl (C=O) groups excluding carboxylic acids is 2. The van der Waals surface area contributed by atoms with E-state index in [4.69, 9.17) is 5.73 Å². The van der Waals surface area contributed by atoms with Crippen molar-refractivity contribution in [1.82, 2.24) is 10.2 Å². The van der Waals surface area contributed by atoms with E-state index >= 15 is 0 Å².